The summed E-state index contributed by atoms with van der Waals surface area (Å²) in [4.78, 5) is 2.37. The van der Waals surface area contributed by atoms with Gasteiger partial charge in [0.1, 0.15) is 5.75 Å². The van der Waals surface area contributed by atoms with Crippen molar-refractivity contribution in [3.63, 3.8) is 0 Å². The first-order chi connectivity index (χ1) is 12.7. The highest BCUT2D eigenvalue weighted by molar-refractivity contribution is 6.36. The summed E-state index contributed by atoms with van der Waals surface area (Å²) >= 11 is 6.59. The third kappa shape index (κ3) is 3.07. The fourth-order valence-corrected chi connectivity index (χ4v) is 4.12. The van der Waals surface area contributed by atoms with E-state index in [0.717, 1.165) is 29.4 Å². The molecule has 134 valence electrons. The van der Waals surface area contributed by atoms with Gasteiger partial charge in [0, 0.05) is 34.4 Å². The van der Waals surface area contributed by atoms with Gasteiger partial charge in [0.15, 0.2) is 0 Å². The van der Waals surface area contributed by atoms with Gasteiger partial charge in [-0.2, -0.15) is 0 Å². The largest absolute Gasteiger partial charge is 0.507 e. The summed E-state index contributed by atoms with van der Waals surface area (Å²) in [6.07, 6.45) is 0. The Balaban J connectivity index is 1.93. The summed E-state index contributed by atoms with van der Waals surface area (Å²) in [6.45, 7) is 5.16. The molecule has 3 nitrogen and oxygen atoms in total. The molecule has 0 spiro atoms. The zero-order valence-corrected chi connectivity index (χ0v) is 15.5. The second-order valence-electron chi connectivity index (χ2n) is 6.75. The summed E-state index contributed by atoms with van der Waals surface area (Å²) in [5.74, 6) is 0.310. The van der Waals surface area contributed by atoms with E-state index in [0.29, 0.717) is 24.0 Å². The number of aryl methyl sites for hydroxylation is 1. The third-order valence-electron chi connectivity index (χ3n) is 5.18. The fraction of sp³-hybridized carbons (Fsp3) is 0.273. The molecule has 1 heterocycles. The lowest BCUT2D eigenvalue weighted by Crippen LogP contribution is -2.39. The normalized spacial score (nSPS) is 16.7. The summed E-state index contributed by atoms with van der Waals surface area (Å²) in [7, 11) is 0. The van der Waals surface area contributed by atoms with Gasteiger partial charge >= 0.3 is 0 Å². The van der Waals surface area contributed by atoms with E-state index in [-0.39, 0.29) is 6.04 Å². The van der Waals surface area contributed by atoms with Crippen molar-refractivity contribution in [1.29, 1.82) is 0 Å². The number of halogens is 1. The zero-order valence-electron chi connectivity index (χ0n) is 14.8. The van der Waals surface area contributed by atoms with Crippen molar-refractivity contribution in [2.45, 2.75) is 13.0 Å². The van der Waals surface area contributed by atoms with Crippen molar-refractivity contribution < 1.29 is 9.84 Å². The molecular weight excluding hydrogens is 346 g/mol. The highest BCUT2D eigenvalue weighted by atomic mass is 35.5. The van der Waals surface area contributed by atoms with Gasteiger partial charge in [-0.1, -0.05) is 60.1 Å². The number of morpholine rings is 1. The molecule has 0 bridgehead atoms. The van der Waals surface area contributed by atoms with E-state index in [1.165, 1.54) is 11.1 Å². The molecule has 3 aromatic rings. The topological polar surface area (TPSA) is 32.7 Å². The van der Waals surface area contributed by atoms with Crippen LogP contribution in [0.25, 0.3) is 10.8 Å². The predicted octanol–water partition coefficient (Wildman–Crippen LogP) is 4.93. The van der Waals surface area contributed by atoms with Crippen LogP contribution in [0.15, 0.2) is 54.6 Å². The van der Waals surface area contributed by atoms with Crippen molar-refractivity contribution in [2.75, 3.05) is 26.3 Å². The van der Waals surface area contributed by atoms with Crippen LogP contribution in [0.2, 0.25) is 5.02 Å². The average molecular weight is 368 g/mol. The molecule has 1 unspecified atom stereocenters. The van der Waals surface area contributed by atoms with E-state index in [9.17, 15) is 5.11 Å². The van der Waals surface area contributed by atoms with Gasteiger partial charge in [0.2, 0.25) is 0 Å². The van der Waals surface area contributed by atoms with Crippen LogP contribution in [0.5, 0.6) is 5.75 Å². The fourth-order valence-electron chi connectivity index (χ4n) is 3.83. The van der Waals surface area contributed by atoms with Gasteiger partial charge in [-0.25, -0.2) is 0 Å². The molecule has 4 heteroatoms. The van der Waals surface area contributed by atoms with Crippen molar-refractivity contribution in [1.82, 2.24) is 4.90 Å². The number of benzene rings is 3. The standard InChI is InChI=1S/C22H22ClNO2/c1-15-6-2-3-7-16(15)21(24-10-12-26-13-11-24)19-14-20(23)17-8-4-5-9-18(17)22(19)25/h2-9,14,21,25H,10-13H2,1H3. The van der Waals surface area contributed by atoms with Crippen LogP contribution in [0.4, 0.5) is 0 Å². The van der Waals surface area contributed by atoms with Crippen LogP contribution in [-0.4, -0.2) is 36.3 Å². The Bertz CT molecular complexity index is 935. The number of hydrogen-bond acceptors (Lipinski definition) is 3. The Hall–Kier alpha value is -2.07. The summed E-state index contributed by atoms with van der Waals surface area (Å²) in [5, 5.41) is 13.4. The molecule has 1 atom stereocenters. The maximum atomic E-state index is 11.1. The first kappa shape index (κ1) is 17.3. The summed E-state index contributed by atoms with van der Waals surface area (Å²) in [5.41, 5.74) is 3.24. The van der Waals surface area contributed by atoms with Crippen LogP contribution in [-0.2, 0) is 4.74 Å². The predicted molar refractivity (Wildman–Crippen MR) is 106 cm³/mol. The van der Waals surface area contributed by atoms with Gasteiger partial charge in [0.25, 0.3) is 0 Å². The van der Waals surface area contributed by atoms with E-state index >= 15 is 0 Å². The second-order valence-corrected chi connectivity index (χ2v) is 7.16. The number of fused-ring (bicyclic) bond motifs is 1. The summed E-state index contributed by atoms with van der Waals surface area (Å²) < 4.78 is 5.55. The number of ether oxygens (including phenoxy) is 1. The third-order valence-corrected chi connectivity index (χ3v) is 5.50. The van der Waals surface area contributed by atoms with Gasteiger partial charge in [-0.15, -0.1) is 0 Å². The smallest absolute Gasteiger partial charge is 0.128 e. The molecule has 1 fully saturated rings. The lowest BCUT2D eigenvalue weighted by molar-refractivity contribution is 0.0235. The maximum absolute atomic E-state index is 11.1. The van der Waals surface area contributed by atoms with Gasteiger partial charge in [-0.05, 0) is 24.1 Å². The van der Waals surface area contributed by atoms with Crippen LogP contribution in [0.3, 0.4) is 0 Å². The van der Waals surface area contributed by atoms with E-state index in [1.807, 2.05) is 36.4 Å². The molecule has 1 aliphatic heterocycles. The molecule has 0 aromatic heterocycles. The SMILES string of the molecule is Cc1ccccc1C(c1cc(Cl)c2ccccc2c1O)N1CCOCC1. The Labute approximate surface area is 158 Å². The molecule has 0 saturated carbocycles. The minimum atomic E-state index is -0.0535. The van der Waals surface area contributed by atoms with E-state index in [4.69, 9.17) is 16.3 Å². The molecule has 1 aliphatic rings. The molecule has 0 amide bonds. The highest BCUT2D eigenvalue weighted by Crippen LogP contribution is 2.42. The Morgan fingerprint density at radius 1 is 0.962 bits per heavy atom. The van der Waals surface area contributed by atoms with Crippen LogP contribution < -0.4 is 0 Å². The first-order valence-electron chi connectivity index (χ1n) is 8.94. The molecule has 26 heavy (non-hydrogen) atoms. The van der Waals surface area contributed by atoms with E-state index in [1.54, 1.807) is 0 Å². The molecule has 0 aliphatic carbocycles. The minimum absolute atomic E-state index is 0.0535. The molecular formula is C22H22ClNO2. The quantitative estimate of drug-likeness (QED) is 0.712. The number of phenols is 1. The molecule has 4 rings (SSSR count). The first-order valence-corrected chi connectivity index (χ1v) is 9.32. The number of rotatable bonds is 3. The van der Waals surface area contributed by atoms with Crippen LogP contribution in [0.1, 0.15) is 22.7 Å². The maximum Gasteiger partial charge on any atom is 0.128 e. The minimum Gasteiger partial charge on any atom is -0.507 e. The van der Waals surface area contributed by atoms with E-state index in [2.05, 4.69) is 30.0 Å². The van der Waals surface area contributed by atoms with Gasteiger partial charge in [0.05, 0.1) is 19.3 Å². The number of hydrogen-bond donors (Lipinski definition) is 1. The Kier molecular flexibility index (Phi) is 4.86. The van der Waals surface area contributed by atoms with E-state index < -0.39 is 0 Å². The molecule has 1 N–H and O–H groups in total. The van der Waals surface area contributed by atoms with Crippen molar-refractivity contribution in [2.24, 2.45) is 0 Å². The lowest BCUT2D eigenvalue weighted by Gasteiger charge is -2.36. The monoisotopic (exact) mass is 367 g/mol. The van der Waals surface area contributed by atoms with Crippen molar-refractivity contribution >= 4 is 22.4 Å². The zero-order chi connectivity index (χ0) is 18.1. The van der Waals surface area contributed by atoms with Gasteiger partial charge in [-0.3, -0.25) is 4.90 Å². The van der Waals surface area contributed by atoms with Crippen LogP contribution in [0, 0.1) is 6.92 Å². The number of phenolic OH excluding ortho intramolecular Hbond substituents is 1. The van der Waals surface area contributed by atoms with Crippen molar-refractivity contribution in [3.05, 3.63) is 76.3 Å². The Morgan fingerprint density at radius 3 is 2.35 bits per heavy atom. The van der Waals surface area contributed by atoms with Crippen molar-refractivity contribution in [3.8, 4) is 5.75 Å². The Morgan fingerprint density at radius 2 is 1.62 bits per heavy atom. The highest BCUT2D eigenvalue weighted by Gasteiger charge is 2.28. The molecule has 0 radical (unpaired) electrons. The molecule has 3 aromatic carbocycles. The number of nitrogens with zero attached hydrogens (tertiary/aromatic N) is 1. The summed E-state index contributed by atoms with van der Waals surface area (Å²) in [6, 6.07) is 18.0. The second kappa shape index (κ2) is 7.28. The van der Waals surface area contributed by atoms with Crippen LogP contribution >= 0.6 is 11.6 Å². The van der Waals surface area contributed by atoms with Gasteiger partial charge < -0.3 is 9.84 Å². The molecule has 1 saturated heterocycles. The lowest BCUT2D eigenvalue weighted by atomic mass is 9.91. The average Bonchev–Trinajstić information content (AvgIpc) is 2.68. The number of aromatic hydroxyl groups is 1.